The molecule has 1 amide bonds. The van der Waals surface area contributed by atoms with Crippen LogP contribution in [0.5, 0.6) is 0 Å². The van der Waals surface area contributed by atoms with Crippen molar-refractivity contribution in [1.29, 1.82) is 0 Å². The van der Waals surface area contributed by atoms with Crippen LogP contribution in [0.2, 0.25) is 0 Å². The van der Waals surface area contributed by atoms with Crippen LogP contribution in [-0.4, -0.2) is 16.8 Å². The van der Waals surface area contributed by atoms with Crippen LogP contribution in [0, 0.1) is 0 Å². The predicted octanol–water partition coefficient (Wildman–Crippen LogP) is 4.49. The number of allylic oxidation sites excluding steroid dienone is 1. The van der Waals surface area contributed by atoms with Crippen LogP contribution in [0.15, 0.2) is 40.9 Å². The molecule has 3 heteroatoms. The Bertz CT molecular complexity index is 495. The molecule has 0 unspecified atom stereocenters. The molecule has 108 valence electrons. The lowest BCUT2D eigenvalue weighted by Gasteiger charge is -2.43. The van der Waals surface area contributed by atoms with Gasteiger partial charge in [-0.15, -0.1) is 0 Å². The van der Waals surface area contributed by atoms with Crippen LogP contribution >= 0.6 is 11.6 Å². The number of unbranched alkanes of at least 4 members (excludes halogenated alkanes) is 1. The van der Waals surface area contributed by atoms with Gasteiger partial charge >= 0.3 is 0 Å². The van der Waals surface area contributed by atoms with Crippen molar-refractivity contribution < 1.29 is 4.79 Å². The quantitative estimate of drug-likeness (QED) is 0.558. The van der Waals surface area contributed by atoms with Gasteiger partial charge in [0.1, 0.15) is 0 Å². The van der Waals surface area contributed by atoms with Gasteiger partial charge in [0.25, 0.3) is 5.91 Å². The minimum absolute atomic E-state index is 0.113. The molecule has 1 saturated heterocycles. The summed E-state index contributed by atoms with van der Waals surface area (Å²) in [7, 11) is 0. The maximum Gasteiger partial charge on any atom is 0.253 e. The van der Waals surface area contributed by atoms with Crippen molar-refractivity contribution in [2.24, 2.45) is 0 Å². The number of carbonyl (C=O) groups is 1. The van der Waals surface area contributed by atoms with Gasteiger partial charge in [0.05, 0.1) is 11.6 Å². The van der Waals surface area contributed by atoms with E-state index in [4.69, 9.17) is 11.6 Å². The highest BCUT2D eigenvalue weighted by Crippen LogP contribution is 2.35. The second-order valence-electron chi connectivity index (χ2n) is 5.26. The zero-order chi connectivity index (χ0) is 14.5. The van der Waals surface area contributed by atoms with Crippen LogP contribution in [-0.2, 0) is 11.3 Å². The average molecular weight is 292 g/mol. The topological polar surface area (TPSA) is 20.3 Å². The number of nitrogens with zero attached hydrogens (tertiary/aromatic N) is 1. The third kappa shape index (κ3) is 3.06. The van der Waals surface area contributed by atoms with E-state index in [1.807, 2.05) is 23.1 Å². The number of hydrogen-bond donors (Lipinski definition) is 0. The standard InChI is InChI=1S/C17H22ClNO/c1-3-5-11-14(18)16-15(4-2)19(17(16)20)12-13-9-7-6-8-10-13/h6-10,15H,3-5,11-12H2,1-2H3/b16-14+/t15-/m1/s1. The minimum atomic E-state index is 0.113. The molecule has 0 aromatic heterocycles. The minimum Gasteiger partial charge on any atom is -0.327 e. The number of halogens is 1. The molecule has 20 heavy (non-hydrogen) atoms. The van der Waals surface area contributed by atoms with Crippen molar-refractivity contribution in [3.05, 3.63) is 46.5 Å². The molecule has 0 N–H and O–H groups in total. The SMILES string of the molecule is CCCC/C(Cl)=C1\C(=O)N(Cc2ccccc2)[C@@H]1CC. The van der Waals surface area contributed by atoms with E-state index >= 15 is 0 Å². The summed E-state index contributed by atoms with van der Waals surface area (Å²) in [4.78, 5) is 14.3. The first-order valence-corrected chi connectivity index (χ1v) is 7.80. The van der Waals surface area contributed by atoms with Gasteiger partial charge in [0.15, 0.2) is 0 Å². The fourth-order valence-corrected chi connectivity index (χ4v) is 3.02. The molecule has 1 aromatic rings. The zero-order valence-corrected chi connectivity index (χ0v) is 13.0. The number of rotatable bonds is 6. The first kappa shape index (κ1) is 15.1. The van der Waals surface area contributed by atoms with E-state index in [1.165, 1.54) is 5.56 Å². The van der Waals surface area contributed by atoms with Crippen LogP contribution < -0.4 is 0 Å². The Balaban J connectivity index is 2.09. The first-order valence-electron chi connectivity index (χ1n) is 7.42. The van der Waals surface area contributed by atoms with Crippen molar-refractivity contribution >= 4 is 17.5 Å². The summed E-state index contributed by atoms with van der Waals surface area (Å²) in [6.45, 7) is 4.93. The second-order valence-corrected chi connectivity index (χ2v) is 5.72. The Morgan fingerprint density at radius 3 is 2.55 bits per heavy atom. The van der Waals surface area contributed by atoms with E-state index in [9.17, 15) is 4.79 Å². The van der Waals surface area contributed by atoms with Gasteiger partial charge in [-0.05, 0) is 24.8 Å². The molecule has 2 nitrogen and oxygen atoms in total. The van der Waals surface area contributed by atoms with E-state index in [2.05, 4.69) is 26.0 Å². The molecule has 2 rings (SSSR count). The maximum atomic E-state index is 12.3. The highest BCUT2D eigenvalue weighted by molar-refractivity contribution is 6.32. The number of benzene rings is 1. The molecule has 1 atom stereocenters. The monoisotopic (exact) mass is 291 g/mol. The molecule has 1 aromatic carbocycles. The van der Waals surface area contributed by atoms with Crippen LogP contribution in [0.25, 0.3) is 0 Å². The average Bonchev–Trinajstić information content (AvgIpc) is 2.48. The summed E-state index contributed by atoms with van der Waals surface area (Å²) in [6.07, 6.45) is 3.90. The Kier molecular flexibility index (Phi) is 5.24. The Hall–Kier alpha value is -1.28. The van der Waals surface area contributed by atoms with Crippen molar-refractivity contribution in [2.45, 2.75) is 52.1 Å². The maximum absolute atomic E-state index is 12.3. The molecule has 1 heterocycles. The second kappa shape index (κ2) is 6.94. The largest absolute Gasteiger partial charge is 0.327 e. The third-order valence-corrected chi connectivity index (χ3v) is 4.22. The number of amides is 1. The van der Waals surface area contributed by atoms with Crippen LogP contribution in [0.1, 0.15) is 45.1 Å². The molecule has 0 aliphatic carbocycles. The van der Waals surface area contributed by atoms with Crippen LogP contribution in [0.4, 0.5) is 0 Å². The van der Waals surface area contributed by atoms with E-state index < -0.39 is 0 Å². The number of carbonyl (C=O) groups excluding carboxylic acids is 1. The lowest BCUT2D eigenvalue weighted by molar-refractivity contribution is -0.138. The Labute approximate surface area is 126 Å². The third-order valence-electron chi connectivity index (χ3n) is 3.83. The smallest absolute Gasteiger partial charge is 0.253 e. The molecule has 0 spiro atoms. The molecule has 0 saturated carbocycles. The number of likely N-dealkylation sites (tertiary alicyclic amines) is 1. The lowest BCUT2D eigenvalue weighted by Crippen LogP contribution is -2.54. The lowest BCUT2D eigenvalue weighted by atomic mass is 9.90. The fraction of sp³-hybridized carbons (Fsp3) is 0.471. The van der Waals surface area contributed by atoms with Gasteiger partial charge in [0, 0.05) is 11.6 Å². The van der Waals surface area contributed by atoms with Crippen molar-refractivity contribution in [1.82, 2.24) is 4.90 Å². The summed E-state index contributed by atoms with van der Waals surface area (Å²) >= 11 is 6.33. The van der Waals surface area contributed by atoms with Gasteiger partial charge in [-0.1, -0.05) is 62.2 Å². The molecular formula is C17H22ClNO. The van der Waals surface area contributed by atoms with E-state index in [-0.39, 0.29) is 11.9 Å². The van der Waals surface area contributed by atoms with E-state index in [0.717, 1.165) is 36.3 Å². The first-order chi connectivity index (χ1) is 9.69. The van der Waals surface area contributed by atoms with Crippen LogP contribution in [0.3, 0.4) is 0 Å². The summed E-state index contributed by atoms with van der Waals surface area (Å²) in [5.74, 6) is 0.113. The van der Waals surface area contributed by atoms with Crippen molar-refractivity contribution in [3.8, 4) is 0 Å². The highest BCUT2D eigenvalue weighted by Gasteiger charge is 2.42. The van der Waals surface area contributed by atoms with Crippen molar-refractivity contribution in [3.63, 3.8) is 0 Å². The zero-order valence-electron chi connectivity index (χ0n) is 12.2. The molecule has 0 bridgehead atoms. The molecular weight excluding hydrogens is 270 g/mol. The van der Waals surface area contributed by atoms with Gasteiger partial charge < -0.3 is 4.90 Å². The molecule has 1 fully saturated rings. The number of β-lactam (4-membered cyclic amide) rings is 1. The van der Waals surface area contributed by atoms with Gasteiger partial charge in [-0.2, -0.15) is 0 Å². The summed E-state index contributed by atoms with van der Waals surface area (Å²) in [5.41, 5.74) is 2.02. The van der Waals surface area contributed by atoms with E-state index in [0.29, 0.717) is 6.54 Å². The van der Waals surface area contributed by atoms with Crippen molar-refractivity contribution in [2.75, 3.05) is 0 Å². The summed E-state index contributed by atoms with van der Waals surface area (Å²) in [5, 5.41) is 0.771. The molecule has 1 aliphatic rings. The Morgan fingerprint density at radius 1 is 1.25 bits per heavy atom. The van der Waals surface area contributed by atoms with Gasteiger partial charge in [-0.25, -0.2) is 0 Å². The molecule has 1 aliphatic heterocycles. The van der Waals surface area contributed by atoms with E-state index in [1.54, 1.807) is 0 Å². The van der Waals surface area contributed by atoms with Gasteiger partial charge in [-0.3, -0.25) is 4.79 Å². The Morgan fingerprint density at radius 2 is 1.95 bits per heavy atom. The molecule has 0 radical (unpaired) electrons. The fourth-order valence-electron chi connectivity index (χ4n) is 2.68. The summed E-state index contributed by atoms with van der Waals surface area (Å²) < 4.78 is 0. The predicted molar refractivity (Wildman–Crippen MR) is 83.5 cm³/mol. The normalized spacial score (nSPS) is 20.9. The number of hydrogen-bond acceptors (Lipinski definition) is 1. The summed E-state index contributed by atoms with van der Waals surface area (Å²) in [6, 6.07) is 10.3. The van der Waals surface area contributed by atoms with Gasteiger partial charge in [0.2, 0.25) is 0 Å². The highest BCUT2D eigenvalue weighted by atomic mass is 35.5.